The summed E-state index contributed by atoms with van der Waals surface area (Å²) >= 11 is 0. The van der Waals surface area contributed by atoms with Gasteiger partial charge in [-0.15, -0.1) is 0 Å². The Morgan fingerprint density at radius 3 is 2.45 bits per heavy atom. The maximum Gasteiger partial charge on any atom is 0.0574 e. The second kappa shape index (κ2) is 5.66. The van der Waals surface area contributed by atoms with Gasteiger partial charge < -0.3 is 11.1 Å². The Labute approximate surface area is 119 Å². The smallest absolute Gasteiger partial charge is 0.0574 e. The normalized spacial score (nSPS) is 10.6. The zero-order valence-corrected chi connectivity index (χ0v) is 11.3. The molecule has 20 heavy (non-hydrogen) atoms. The third kappa shape index (κ3) is 2.59. The van der Waals surface area contributed by atoms with Gasteiger partial charge in [-0.2, -0.15) is 0 Å². The zero-order chi connectivity index (χ0) is 13.8. The van der Waals surface area contributed by atoms with Crippen LogP contribution in [0.3, 0.4) is 0 Å². The Morgan fingerprint density at radius 1 is 0.800 bits per heavy atom. The summed E-state index contributed by atoms with van der Waals surface area (Å²) < 4.78 is 0. The predicted octanol–water partition coefficient (Wildman–Crippen LogP) is 4.08. The van der Waals surface area contributed by atoms with Crippen molar-refractivity contribution in [1.82, 2.24) is 0 Å². The molecule has 3 rings (SSSR count). The van der Waals surface area contributed by atoms with Crippen LogP contribution in [0.15, 0.2) is 66.7 Å². The van der Waals surface area contributed by atoms with Gasteiger partial charge in [-0.05, 0) is 34.9 Å². The molecule has 0 heterocycles. The molecule has 0 aliphatic heterocycles. The van der Waals surface area contributed by atoms with Crippen molar-refractivity contribution in [2.45, 2.75) is 6.42 Å². The van der Waals surface area contributed by atoms with Crippen LogP contribution < -0.4 is 11.1 Å². The average molecular weight is 262 g/mol. The number of nitrogens with two attached hydrogens (primary N) is 1. The number of para-hydroxylation sites is 2. The fourth-order valence-corrected chi connectivity index (χ4v) is 2.50. The van der Waals surface area contributed by atoms with Crippen molar-refractivity contribution in [2.75, 3.05) is 17.6 Å². The number of nitrogens with one attached hydrogen (secondary N) is 1. The quantitative estimate of drug-likeness (QED) is 0.695. The van der Waals surface area contributed by atoms with E-state index in [1.165, 1.54) is 16.3 Å². The molecule has 0 saturated heterocycles. The Kier molecular flexibility index (Phi) is 3.55. The van der Waals surface area contributed by atoms with E-state index >= 15 is 0 Å². The highest BCUT2D eigenvalue weighted by molar-refractivity contribution is 5.85. The molecule has 0 saturated carbocycles. The lowest BCUT2D eigenvalue weighted by Gasteiger charge is -2.10. The Hall–Kier alpha value is -2.48. The summed E-state index contributed by atoms with van der Waals surface area (Å²) in [4.78, 5) is 0. The van der Waals surface area contributed by atoms with Gasteiger partial charge in [0.05, 0.1) is 11.4 Å². The molecular weight excluding hydrogens is 244 g/mol. The van der Waals surface area contributed by atoms with Crippen molar-refractivity contribution in [3.63, 3.8) is 0 Å². The molecule has 2 nitrogen and oxygen atoms in total. The van der Waals surface area contributed by atoms with Crippen molar-refractivity contribution in [1.29, 1.82) is 0 Å². The molecule has 2 heteroatoms. The third-order valence-corrected chi connectivity index (χ3v) is 3.55. The molecule has 0 amide bonds. The lowest BCUT2D eigenvalue weighted by atomic mass is 10.0. The van der Waals surface area contributed by atoms with Crippen LogP contribution in [0.1, 0.15) is 5.56 Å². The van der Waals surface area contributed by atoms with Crippen LogP contribution in [0.5, 0.6) is 0 Å². The fourth-order valence-electron chi connectivity index (χ4n) is 2.50. The lowest BCUT2D eigenvalue weighted by molar-refractivity contribution is 1.03. The van der Waals surface area contributed by atoms with E-state index in [1.807, 2.05) is 24.3 Å². The minimum absolute atomic E-state index is 0.797. The van der Waals surface area contributed by atoms with Gasteiger partial charge in [0.1, 0.15) is 0 Å². The van der Waals surface area contributed by atoms with Gasteiger partial charge in [-0.1, -0.05) is 54.6 Å². The molecule has 0 aromatic heterocycles. The monoisotopic (exact) mass is 262 g/mol. The molecule has 0 radical (unpaired) electrons. The number of rotatable bonds is 4. The molecule has 0 atom stereocenters. The largest absolute Gasteiger partial charge is 0.397 e. The number of fused-ring (bicyclic) bond motifs is 1. The highest BCUT2D eigenvalue weighted by Gasteiger charge is 2.01. The molecule has 100 valence electrons. The van der Waals surface area contributed by atoms with Crippen LogP contribution in [0.4, 0.5) is 11.4 Å². The number of hydrogen-bond donors (Lipinski definition) is 2. The van der Waals surface area contributed by atoms with E-state index in [1.54, 1.807) is 0 Å². The topological polar surface area (TPSA) is 38.0 Å². The molecule has 0 aliphatic rings. The first-order valence-corrected chi connectivity index (χ1v) is 6.89. The van der Waals surface area contributed by atoms with E-state index in [0.29, 0.717) is 0 Å². The summed E-state index contributed by atoms with van der Waals surface area (Å²) in [7, 11) is 0. The highest BCUT2D eigenvalue weighted by Crippen LogP contribution is 2.20. The molecule has 3 aromatic carbocycles. The van der Waals surface area contributed by atoms with E-state index in [0.717, 1.165) is 24.3 Å². The summed E-state index contributed by atoms with van der Waals surface area (Å²) in [6.07, 6.45) is 0.982. The number of hydrogen-bond acceptors (Lipinski definition) is 2. The lowest BCUT2D eigenvalue weighted by Crippen LogP contribution is -2.06. The molecule has 0 spiro atoms. The first kappa shape index (κ1) is 12.5. The van der Waals surface area contributed by atoms with Crippen LogP contribution in [-0.4, -0.2) is 6.54 Å². The average Bonchev–Trinajstić information content (AvgIpc) is 2.49. The highest BCUT2D eigenvalue weighted by atomic mass is 14.9. The molecule has 0 aliphatic carbocycles. The summed E-state index contributed by atoms with van der Waals surface area (Å²) in [6, 6.07) is 22.8. The van der Waals surface area contributed by atoms with Crippen molar-refractivity contribution in [3.05, 3.63) is 72.3 Å². The molecular formula is C18H18N2. The molecule has 0 unspecified atom stereocenters. The first-order valence-electron chi connectivity index (χ1n) is 6.89. The molecule has 0 fully saturated rings. The summed E-state index contributed by atoms with van der Waals surface area (Å²) in [6.45, 7) is 0.877. The van der Waals surface area contributed by atoms with E-state index in [2.05, 4.69) is 47.8 Å². The zero-order valence-electron chi connectivity index (χ0n) is 11.3. The van der Waals surface area contributed by atoms with Crippen LogP contribution in [0.2, 0.25) is 0 Å². The van der Waals surface area contributed by atoms with Crippen molar-refractivity contribution in [3.8, 4) is 0 Å². The van der Waals surface area contributed by atoms with Gasteiger partial charge in [0.15, 0.2) is 0 Å². The van der Waals surface area contributed by atoms with Gasteiger partial charge in [0.2, 0.25) is 0 Å². The van der Waals surface area contributed by atoms with Crippen LogP contribution in [-0.2, 0) is 6.42 Å². The minimum Gasteiger partial charge on any atom is -0.397 e. The Bertz CT molecular complexity index is 714. The van der Waals surface area contributed by atoms with Crippen molar-refractivity contribution in [2.24, 2.45) is 0 Å². The summed E-state index contributed by atoms with van der Waals surface area (Å²) in [5.74, 6) is 0. The second-order valence-corrected chi connectivity index (χ2v) is 4.90. The first-order chi connectivity index (χ1) is 9.84. The molecule has 3 aromatic rings. The molecule has 0 bridgehead atoms. The minimum atomic E-state index is 0.797. The van der Waals surface area contributed by atoms with Crippen molar-refractivity contribution >= 4 is 22.1 Å². The standard InChI is InChI=1S/C18H18N2/c19-17-10-3-4-11-18(17)20-13-12-15-8-5-7-14-6-1-2-9-16(14)15/h1-11,20H,12-13,19H2. The van der Waals surface area contributed by atoms with E-state index < -0.39 is 0 Å². The fraction of sp³-hybridized carbons (Fsp3) is 0.111. The van der Waals surface area contributed by atoms with Gasteiger partial charge in [0.25, 0.3) is 0 Å². The Morgan fingerprint density at radius 2 is 1.55 bits per heavy atom. The Balaban J connectivity index is 1.73. The van der Waals surface area contributed by atoms with E-state index in [9.17, 15) is 0 Å². The van der Waals surface area contributed by atoms with E-state index in [4.69, 9.17) is 5.73 Å². The number of benzene rings is 3. The van der Waals surface area contributed by atoms with Crippen molar-refractivity contribution < 1.29 is 0 Å². The van der Waals surface area contributed by atoms with Crippen LogP contribution >= 0.6 is 0 Å². The number of nitrogen functional groups attached to an aromatic ring is 1. The van der Waals surface area contributed by atoms with Crippen LogP contribution in [0, 0.1) is 0 Å². The van der Waals surface area contributed by atoms with Gasteiger partial charge in [0, 0.05) is 6.54 Å². The predicted molar refractivity (Wildman–Crippen MR) is 87.0 cm³/mol. The SMILES string of the molecule is Nc1ccccc1NCCc1cccc2ccccc12. The second-order valence-electron chi connectivity index (χ2n) is 4.90. The number of anilines is 2. The van der Waals surface area contributed by atoms with Gasteiger partial charge in [-0.3, -0.25) is 0 Å². The van der Waals surface area contributed by atoms with Crippen LogP contribution in [0.25, 0.3) is 10.8 Å². The summed E-state index contributed by atoms with van der Waals surface area (Å²) in [5.41, 5.74) is 9.10. The maximum absolute atomic E-state index is 5.93. The molecule has 3 N–H and O–H groups in total. The van der Waals surface area contributed by atoms with Gasteiger partial charge >= 0.3 is 0 Å². The van der Waals surface area contributed by atoms with Gasteiger partial charge in [-0.25, -0.2) is 0 Å². The summed E-state index contributed by atoms with van der Waals surface area (Å²) in [5, 5.41) is 6.03. The van der Waals surface area contributed by atoms with E-state index in [-0.39, 0.29) is 0 Å². The third-order valence-electron chi connectivity index (χ3n) is 3.55. The maximum atomic E-state index is 5.93.